The molecule has 2 aliphatic rings. The molecule has 1 aromatic heterocycles. The van der Waals surface area contributed by atoms with Crippen molar-refractivity contribution in [1.29, 1.82) is 0 Å². The summed E-state index contributed by atoms with van der Waals surface area (Å²) in [7, 11) is 0. The smallest absolute Gasteiger partial charge is 0.251 e. The Labute approximate surface area is 212 Å². The summed E-state index contributed by atoms with van der Waals surface area (Å²) < 4.78 is 0. The Hall–Kier alpha value is -3.80. The van der Waals surface area contributed by atoms with Crippen LogP contribution in [0.3, 0.4) is 0 Å². The van der Waals surface area contributed by atoms with Crippen LogP contribution in [0.1, 0.15) is 69.0 Å². The van der Waals surface area contributed by atoms with Crippen molar-refractivity contribution in [2.24, 2.45) is 5.41 Å². The second-order valence-corrected chi connectivity index (χ2v) is 10.1. The van der Waals surface area contributed by atoms with Gasteiger partial charge in [-0.2, -0.15) is 0 Å². The van der Waals surface area contributed by atoms with Crippen LogP contribution in [-0.4, -0.2) is 21.8 Å². The van der Waals surface area contributed by atoms with Gasteiger partial charge in [-0.05, 0) is 61.3 Å². The van der Waals surface area contributed by atoms with Gasteiger partial charge in [0.25, 0.3) is 5.91 Å². The van der Waals surface area contributed by atoms with Crippen molar-refractivity contribution in [2.75, 3.05) is 10.2 Å². The normalized spacial score (nSPS) is 23.4. The number of carbonyl (C=O) groups is 2. The first kappa shape index (κ1) is 23.9. The van der Waals surface area contributed by atoms with E-state index < -0.39 is 5.41 Å². The number of carbonyl (C=O) groups excluding carboxylic acids is 2. The number of β-lactam (4-membered cyclic amide) rings is 1. The Balaban J connectivity index is 1.34. The van der Waals surface area contributed by atoms with Crippen molar-refractivity contribution >= 4 is 23.2 Å². The Bertz CT molecular complexity index is 1260. The van der Waals surface area contributed by atoms with E-state index in [1.165, 1.54) is 11.9 Å². The number of rotatable bonds is 5. The minimum Gasteiger partial charge on any atom is -0.322 e. The van der Waals surface area contributed by atoms with Gasteiger partial charge in [0.1, 0.15) is 6.33 Å². The van der Waals surface area contributed by atoms with Crippen LogP contribution in [-0.2, 0) is 9.59 Å². The molecule has 5 rings (SSSR count). The fourth-order valence-corrected chi connectivity index (χ4v) is 5.62. The Kier molecular flexibility index (Phi) is 6.68. The third-order valence-electron chi connectivity index (χ3n) is 7.54. The molecule has 2 atom stereocenters. The van der Waals surface area contributed by atoms with E-state index in [0.29, 0.717) is 25.2 Å². The van der Waals surface area contributed by atoms with Gasteiger partial charge in [0.15, 0.2) is 0 Å². The maximum atomic E-state index is 13.7. The molecule has 1 aliphatic heterocycles. The topological polar surface area (TPSA) is 75.2 Å². The molecule has 6 nitrogen and oxygen atoms in total. The molecular weight excluding hydrogens is 448 g/mol. The van der Waals surface area contributed by atoms with Crippen LogP contribution in [0.4, 0.5) is 11.4 Å². The standard InChI is InChI=1S/C30H32N4O2/c1-21(2)22-12-14-25(15-13-22)33-28(35)24-10-6-16-30(17-7-11-24)27(23-8-4-3-5-9-23)34(29(30)36)26-18-31-20-32-19-26/h3-5,8-10,12-15,18-21,27H,6-7,11,16-17H2,1-2H3,(H,33,35)/b24-10-. The lowest BCUT2D eigenvalue weighted by Gasteiger charge is -2.57. The molecule has 184 valence electrons. The number of amides is 2. The minimum absolute atomic E-state index is 0.0501. The van der Waals surface area contributed by atoms with E-state index >= 15 is 0 Å². The molecule has 2 heterocycles. The quantitative estimate of drug-likeness (QED) is 0.441. The minimum atomic E-state index is -0.484. The summed E-state index contributed by atoms with van der Waals surface area (Å²) in [5.74, 6) is 0.526. The summed E-state index contributed by atoms with van der Waals surface area (Å²) in [5, 5.41) is 3.05. The molecule has 2 unspecified atom stereocenters. The van der Waals surface area contributed by atoms with Crippen LogP contribution in [0.5, 0.6) is 0 Å². The zero-order valence-electron chi connectivity index (χ0n) is 20.9. The van der Waals surface area contributed by atoms with Crippen molar-refractivity contribution in [3.63, 3.8) is 0 Å². The highest BCUT2D eigenvalue weighted by Crippen LogP contribution is 2.57. The molecule has 1 N–H and O–H groups in total. The van der Waals surface area contributed by atoms with Crippen LogP contribution >= 0.6 is 0 Å². The fourth-order valence-electron chi connectivity index (χ4n) is 5.62. The van der Waals surface area contributed by atoms with Crippen LogP contribution < -0.4 is 10.2 Å². The highest BCUT2D eigenvalue weighted by Gasteiger charge is 2.60. The summed E-state index contributed by atoms with van der Waals surface area (Å²) in [6, 6.07) is 18.2. The lowest BCUT2D eigenvalue weighted by Crippen LogP contribution is -2.64. The Morgan fingerprint density at radius 1 is 1.03 bits per heavy atom. The van der Waals surface area contributed by atoms with E-state index in [4.69, 9.17) is 0 Å². The first-order valence-electron chi connectivity index (χ1n) is 12.7. The van der Waals surface area contributed by atoms with Gasteiger partial charge in [-0.3, -0.25) is 9.59 Å². The van der Waals surface area contributed by atoms with Crippen LogP contribution in [0, 0.1) is 5.41 Å². The van der Waals surface area contributed by atoms with E-state index in [0.717, 1.165) is 35.4 Å². The van der Waals surface area contributed by atoms with Crippen molar-refractivity contribution in [3.8, 4) is 0 Å². The summed E-state index contributed by atoms with van der Waals surface area (Å²) in [4.78, 5) is 36.8. The highest BCUT2D eigenvalue weighted by atomic mass is 16.2. The molecule has 2 aromatic carbocycles. The number of aromatic nitrogens is 2. The Morgan fingerprint density at radius 2 is 1.75 bits per heavy atom. The predicted octanol–water partition coefficient (Wildman–Crippen LogP) is 6.20. The zero-order chi connectivity index (χ0) is 25.1. The number of nitrogens with zero attached hydrogens (tertiary/aromatic N) is 3. The molecule has 36 heavy (non-hydrogen) atoms. The SMILES string of the molecule is CC(C)c1ccc(NC(=O)/C2=C\CCC3(CCC2)C(=O)N(c2cncnc2)C3c2ccccc2)cc1. The van der Waals surface area contributed by atoms with Gasteiger partial charge in [-0.15, -0.1) is 0 Å². The van der Waals surface area contributed by atoms with E-state index in [9.17, 15) is 9.59 Å². The van der Waals surface area contributed by atoms with Crippen LogP contribution in [0.2, 0.25) is 0 Å². The van der Waals surface area contributed by atoms with E-state index in [1.54, 1.807) is 12.4 Å². The molecule has 3 aromatic rings. The van der Waals surface area contributed by atoms with Gasteiger partial charge >= 0.3 is 0 Å². The third-order valence-corrected chi connectivity index (χ3v) is 7.54. The predicted molar refractivity (Wildman–Crippen MR) is 141 cm³/mol. The summed E-state index contributed by atoms with van der Waals surface area (Å²) >= 11 is 0. The fraction of sp³-hybridized carbons (Fsp3) is 0.333. The van der Waals surface area contributed by atoms with E-state index in [2.05, 4.69) is 53.4 Å². The summed E-state index contributed by atoms with van der Waals surface area (Å²) in [6.07, 6.45) is 10.5. The number of nitrogens with one attached hydrogen (secondary N) is 1. The first-order chi connectivity index (χ1) is 17.5. The van der Waals surface area contributed by atoms with Crippen LogP contribution in [0.25, 0.3) is 0 Å². The summed E-state index contributed by atoms with van der Waals surface area (Å²) in [6.45, 7) is 4.31. The average Bonchev–Trinajstić information content (AvgIpc) is 2.88. The maximum Gasteiger partial charge on any atom is 0.251 e. The first-order valence-corrected chi connectivity index (χ1v) is 12.7. The third kappa shape index (κ3) is 4.43. The number of hydrogen-bond acceptors (Lipinski definition) is 4. The molecule has 0 radical (unpaired) electrons. The van der Waals surface area contributed by atoms with Crippen molar-refractivity contribution in [2.45, 2.75) is 57.9 Å². The number of allylic oxidation sites excluding steroid dienone is 1. The van der Waals surface area contributed by atoms with Gasteiger partial charge in [-0.25, -0.2) is 9.97 Å². The molecule has 2 amide bonds. The molecule has 0 bridgehead atoms. The monoisotopic (exact) mass is 480 g/mol. The summed E-state index contributed by atoms with van der Waals surface area (Å²) in [5.41, 5.74) is 4.22. The van der Waals surface area contributed by atoms with Gasteiger partial charge in [0.05, 0.1) is 29.5 Å². The molecule has 1 fully saturated rings. The van der Waals surface area contributed by atoms with Gasteiger partial charge < -0.3 is 10.2 Å². The number of benzene rings is 2. The lowest BCUT2D eigenvalue weighted by molar-refractivity contribution is -0.142. The van der Waals surface area contributed by atoms with Gasteiger partial charge in [-0.1, -0.05) is 62.4 Å². The molecule has 1 aliphatic carbocycles. The van der Waals surface area contributed by atoms with Gasteiger partial charge in [0, 0.05) is 11.3 Å². The van der Waals surface area contributed by atoms with Gasteiger partial charge in [0.2, 0.25) is 5.91 Å². The van der Waals surface area contributed by atoms with Crippen molar-refractivity contribution < 1.29 is 9.59 Å². The lowest BCUT2D eigenvalue weighted by atomic mass is 9.61. The second-order valence-electron chi connectivity index (χ2n) is 10.1. The second kappa shape index (κ2) is 10.1. The maximum absolute atomic E-state index is 13.7. The van der Waals surface area contributed by atoms with Crippen molar-refractivity contribution in [1.82, 2.24) is 9.97 Å². The zero-order valence-corrected chi connectivity index (χ0v) is 20.9. The average molecular weight is 481 g/mol. The molecule has 0 saturated carbocycles. The molecular formula is C30H32N4O2. The molecule has 1 spiro atoms. The van der Waals surface area contributed by atoms with Crippen molar-refractivity contribution in [3.05, 3.63) is 96.1 Å². The van der Waals surface area contributed by atoms with Crippen LogP contribution in [0.15, 0.2) is 85.0 Å². The highest BCUT2D eigenvalue weighted by molar-refractivity contribution is 6.06. The largest absolute Gasteiger partial charge is 0.322 e. The number of hydrogen-bond donors (Lipinski definition) is 1. The molecule has 1 saturated heterocycles. The van der Waals surface area contributed by atoms with E-state index in [-0.39, 0.29) is 17.9 Å². The van der Waals surface area contributed by atoms with E-state index in [1.807, 2.05) is 41.3 Å². The Morgan fingerprint density at radius 3 is 2.44 bits per heavy atom. The molecule has 6 heteroatoms. The number of anilines is 2.